The van der Waals surface area contributed by atoms with E-state index in [0.29, 0.717) is 41.3 Å². The van der Waals surface area contributed by atoms with Crippen LogP contribution >= 0.6 is 11.6 Å². The number of ether oxygens (including phenoxy) is 1. The van der Waals surface area contributed by atoms with Gasteiger partial charge in [0.15, 0.2) is 0 Å². The number of hydrogen-bond donors (Lipinski definition) is 5. The number of aromatic amines is 1. The largest absolute Gasteiger partial charge is 0.445 e. The number of aromatic nitrogens is 1. The summed E-state index contributed by atoms with van der Waals surface area (Å²) >= 11 is 6.33. The molecule has 0 saturated carbocycles. The van der Waals surface area contributed by atoms with Gasteiger partial charge in [-0.05, 0) is 60.1 Å². The maximum absolute atomic E-state index is 14.5. The summed E-state index contributed by atoms with van der Waals surface area (Å²) in [6, 6.07) is 5.83. The molecule has 0 fully saturated rings. The SMILES string of the molecule is CCC(C)[C@H](NC(=O)[C@@]1(NC(=O)[C@@H](NC(=O)OCc2ccc(F)cc2)C(C)CC)CCc2[nH]c3c(Cl)cc(F)cc3c2C1)C(N)=O. The lowest BCUT2D eigenvalue weighted by molar-refractivity contribution is -0.137. The number of rotatable bonds is 12. The molecule has 0 aliphatic heterocycles. The summed E-state index contributed by atoms with van der Waals surface area (Å²) in [7, 11) is 0. The first-order valence-corrected chi connectivity index (χ1v) is 15.7. The zero-order chi connectivity index (χ0) is 33.8. The van der Waals surface area contributed by atoms with E-state index in [1.807, 2.05) is 13.8 Å². The summed E-state index contributed by atoms with van der Waals surface area (Å²) in [6.07, 6.45) is 0.546. The van der Waals surface area contributed by atoms with E-state index in [4.69, 9.17) is 22.1 Å². The van der Waals surface area contributed by atoms with Crippen LogP contribution in [0.5, 0.6) is 0 Å². The van der Waals surface area contributed by atoms with Gasteiger partial charge in [-0.3, -0.25) is 14.4 Å². The van der Waals surface area contributed by atoms with Crippen LogP contribution in [-0.2, 0) is 38.6 Å². The Hall–Kier alpha value is -4.19. The van der Waals surface area contributed by atoms with E-state index in [2.05, 4.69) is 20.9 Å². The van der Waals surface area contributed by atoms with Gasteiger partial charge in [-0.1, -0.05) is 64.3 Å². The Morgan fingerprint density at radius 3 is 2.28 bits per heavy atom. The van der Waals surface area contributed by atoms with Gasteiger partial charge in [0.25, 0.3) is 0 Å². The Kier molecular flexibility index (Phi) is 10.9. The van der Waals surface area contributed by atoms with Crippen molar-refractivity contribution in [3.8, 4) is 0 Å². The molecule has 46 heavy (non-hydrogen) atoms. The number of nitrogens with two attached hydrogens (primary N) is 1. The summed E-state index contributed by atoms with van der Waals surface area (Å²) in [4.78, 5) is 56.6. The van der Waals surface area contributed by atoms with Gasteiger partial charge < -0.3 is 31.4 Å². The number of aryl methyl sites for hydroxylation is 1. The van der Waals surface area contributed by atoms with Crippen LogP contribution in [0.25, 0.3) is 10.9 Å². The number of halogens is 3. The molecule has 10 nitrogen and oxygen atoms in total. The van der Waals surface area contributed by atoms with Gasteiger partial charge in [0.2, 0.25) is 17.7 Å². The number of carbonyl (C=O) groups is 4. The molecule has 248 valence electrons. The summed E-state index contributed by atoms with van der Waals surface area (Å²) < 4.78 is 33.0. The minimum Gasteiger partial charge on any atom is -0.445 e. The first-order chi connectivity index (χ1) is 21.8. The molecule has 0 bridgehead atoms. The van der Waals surface area contributed by atoms with Crippen molar-refractivity contribution in [2.45, 2.75) is 84.0 Å². The maximum atomic E-state index is 14.5. The van der Waals surface area contributed by atoms with Crippen molar-refractivity contribution in [3.05, 3.63) is 69.9 Å². The smallest absolute Gasteiger partial charge is 0.408 e. The highest BCUT2D eigenvalue weighted by atomic mass is 35.5. The Morgan fingerprint density at radius 1 is 1.00 bits per heavy atom. The summed E-state index contributed by atoms with van der Waals surface area (Å²) in [5.41, 5.74) is 6.47. The number of benzene rings is 2. The average molecular weight is 660 g/mol. The minimum absolute atomic E-state index is 0.0477. The molecule has 0 spiro atoms. The van der Waals surface area contributed by atoms with Crippen molar-refractivity contribution in [3.63, 3.8) is 0 Å². The van der Waals surface area contributed by atoms with Crippen molar-refractivity contribution in [1.82, 2.24) is 20.9 Å². The van der Waals surface area contributed by atoms with Gasteiger partial charge in [-0.25, -0.2) is 13.6 Å². The quantitative estimate of drug-likeness (QED) is 0.189. The van der Waals surface area contributed by atoms with E-state index < -0.39 is 53.1 Å². The van der Waals surface area contributed by atoms with E-state index in [1.54, 1.807) is 13.8 Å². The molecule has 13 heteroatoms. The molecule has 1 heterocycles. The second kappa shape index (κ2) is 14.5. The number of carbonyl (C=O) groups excluding carboxylic acids is 4. The lowest BCUT2D eigenvalue weighted by atomic mass is 9.78. The lowest BCUT2D eigenvalue weighted by Crippen LogP contribution is -2.67. The molecule has 1 aromatic heterocycles. The molecule has 4 amide bonds. The third-order valence-electron chi connectivity index (χ3n) is 8.96. The van der Waals surface area contributed by atoms with Crippen LogP contribution in [0.3, 0.4) is 0 Å². The normalized spacial score (nSPS) is 18.5. The Balaban J connectivity index is 1.65. The zero-order valence-corrected chi connectivity index (χ0v) is 27.0. The molecule has 6 N–H and O–H groups in total. The van der Waals surface area contributed by atoms with E-state index in [-0.39, 0.29) is 36.3 Å². The van der Waals surface area contributed by atoms with E-state index in [9.17, 15) is 28.0 Å². The number of alkyl carbamates (subject to hydrolysis) is 1. The van der Waals surface area contributed by atoms with E-state index in [1.165, 1.54) is 36.4 Å². The second-order valence-corrected chi connectivity index (χ2v) is 12.5. The van der Waals surface area contributed by atoms with Crippen molar-refractivity contribution in [2.75, 3.05) is 0 Å². The molecule has 4 rings (SSSR count). The average Bonchev–Trinajstić information content (AvgIpc) is 3.38. The third kappa shape index (κ3) is 7.60. The topological polar surface area (TPSA) is 155 Å². The van der Waals surface area contributed by atoms with Crippen molar-refractivity contribution in [1.29, 1.82) is 0 Å². The number of fused-ring (bicyclic) bond motifs is 3. The van der Waals surface area contributed by atoms with Crippen molar-refractivity contribution >= 4 is 46.3 Å². The fraction of sp³-hybridized carbons (Fsp3) is 0.455. The molecule has 1 aliphatic rings. The molecule has 2 aromatic carbocycles. The first-order valence-electron chi connectivity index (χ1n) is 15.4. The summed E-state index contributed by atoms with van der Waals surface area (Å²) in [6.45, 7) is 7.11. The standard InChI is InChI=1S/C33H40ClF2N5O5/c1-5-17(3)26(29(37)42)39-31(44)33(12-11-25-23(15-33)22-13-21(36)14-24(34)28(22)38-25)41-30(43)27(18(4)6-2)40-32(45)46-16-19-7-9-20(35)10-8-19/h7-10,13-14,17-18,26-27,38H,5-6,11-12,15-16H2,1-4H3,(H2,37,42)(H,39,44)(H,40,45)(H,41,43)/t17?,18?,26-,27-,33+/m0/s1. The lowest BCUT2D eigenvalue weighted by Gasteiger charge is -2.39. The molecular weight excluding hydrogens is 620 g/mol. The van der Waals surface area contributed by atoms with Crippen LogP contribution in [0.15, 0.2) is 36.4 Å². The summed E-state index contributed by atoms with van der Waals surface area (Å²) in [5.74, 6) is -3.65. The van der Waals surface area contributed by atoms with E-state index >= 15 is 0 Å². The predicted octanol–water partition coefficient (Wildman–Crippen LogP) is 4.80. The van der Waals surface area contributed by atoms with E-state index in [0.717, 1.165) is 5.69 Å². The van der Waals surface area contributed by atoms with Crippen LogP contribution < -0.4 is 21.7 Å². The highest BCUT2D eigenvalue weighted by Gasteiger charge is 2.46. The number of H-pyrrole nitrogens is 1. The molecule has 2 unspecified atom stereocenters. The van der Waals surface area contributed by atoms with Crippen LogP contribution in [-0.4, -0.2) is 46.4 Å². The minimum atomic E-state index is -1.59. The number of nitrogens with one attached hydrogen (secondary N) is 4. The molecule has 5 atom stereocenters. The maximum Gasteiger partial charge on any atom is 0.408 e. The van der Waals surface area contributed by atoms with Crippen LogP contribution in [0.2, 0.25) is 5.02 Å². The molecule has 0 saturated heterocycles. The molecule has 3 aromatic rings. The molecular formula is C33H40ClF2N5O5. The number of amides is 4. The van der Waals surface area contributed by atoms with Crippen molar-refractivity contribution < 1.29 is 32.7 Å². The Morgan fingerprint density at radius 2 is 1.65 bits per heavy atom. The van der Waals surface area contributed by atoms with Gasteiger partial charge in [0.1, 0.15) is 35.9 Å². The van der Waals surface area contributed by atoms with Crippen molar-refractivity contribution in [2.24, 2.45) is 17.6 Å². The third-order valence-corrected chi connectivity index (χ3v) is 9.25. The second-order valence-electron chi connectivity index (χ2n) is 12.1. The van der Waals surface area contributed by atoms with Crippen LogP contribution in [0.4, 0.5) is 13.6 Å². The highest BCUT2D eigenvalue weighted by molar-refractivity contribution is 6.35. The Bertz CT molecular complexity index is 1610. The first kappa shape index (κ1) is 34.7. The van der Waals surface area contributed by atoms with Gasteiger partial charge >= 0.3 is 6.09 Å². The number of hydrogen-bond acceptors (Lipinski definition) is 5. The monoisotopic (exact) mass is 659 g/mol. The number of primary amides is 1. The summed E-state index contributed by atoms with van der Waals surface area (Å²) in [5, 5.41) is 8.93. The Labute approximate surface area is 271 Å². The van der Waals surface area contributed by atoms with Gasteiger partial charge in [-0.2, -0.15) is 0 Å². The highest BCUT2D eigenvalue weighted by Crippen LogP contribution is 2.37. The van der Waals surface area contributed by atoms with Gasteiger partial charge in [-0.15, -0.1) is 0 Å². The molecule has 0 radical (unpaired) electrons. The van der Waals surface area contributed by atoms with Crippen LogP contribution in [0.1, 0.15) is 63.8 Å². The molecule has 1 aliphatic carbocycles. The van der Waals surface area contributed by atoms with Gasteiger partial charge in [0, 0.05) is 17.5 Å². The fourth-order valence-electron chi connectivity index (χ4n) is 5.75. The fourth-order valence-corrected chi connectivity index (χ4v) is 6.00. The zero-order valence-electron chi connectivity index (χ0n) is 26.3. The predicted molar refractivity (Wildman–Crippen MR) is 170 cm³/mol. The van der Waals surface area contributed by atoms with Gasteiger partial charge in [0.05, 0.1) is 10.5 Å². The van der Waals surface area contributed by atoms with Crippen LogP contribution in [0, 0.1) is 23.5 Å².